The molecule has 0 bridgehead atoms. The second-order valence-electron chi connectivity index (χ2n) is 3.03. The van der Waals surface area contributed by atoms with Crippen LogP contribution in [0.4, 0.5) is 0 Å². The molecule has 0 spiro atoms. The van der Waals surface area contributed by atoms with Crippen LogP contribution in [-0.2, 0) is 10.8 Å². The quantitative estimate of drug-likeness (QED) is 0.759. The van der Waals surface area contributed by atoms with Crippen molar-refractivity contribution < 1.29 is 4.21 Å². The Morgan fingerprint density at radius 3 is 2.46 bits per heavy atom. The molecule has 0 saturated carbocycles. The van der Waals surface area contributed by atoms with Crippen LogP contribution < -0.4 is 0 Å². The summed E-state index contributed by atoms with van der Waals surface area (Å²) >= 11 is 4.27. The maximum Gasteiger partial charge on any atom is 0.0308 e. The maximum atomic E-state index is 11.1. The summed E-state index contributed by atoms with van der Waals surface area (Å²) in [6, 6.07) is 10.1. The van der Waals surface area contributed by atoms with E-state index in [-0.39, 0.29) is 0 Å². The van der Waals surface area contributed by atoms with Gasteiger partial charge < -0.3 is 0 Å². The van der Waals surface area contributed by atoms with Crippen molar-refractivity contribution in [3.05, 3.63) is 35.9 Å². The van der Waals surface area contributed by atoms with Gasteiger partial charge in [-0.25, -0.2) is 0 Å². The summed E-state index contributed by atoms with van der Waals surface area (Å²) < 4.78 is 11.1. The second-order valence-corrected chi connectivity index (χ2v) is 4.87. The van der Waals surface area contributed by atoms with Gasteiger partial charge in [0.25, 0.3) is 0 Å². The van der Waals surface area contributed by atoms with Gasteiger partial charge in [-0.1, -0.05) is 30.3 Å². The first-order valence-electron chi connectivity index (χ1n) is 4.20. The topological polar surface area (TPSA) is 17.1 Å². The zero-order valence-corrected chi connectivity index (χ0v) is 9.35. The Kier molecular flexibility index (Phi) is 4.53. The van der Waals surface area contributed by atoms with Gasteiger partial charge in [0.1, 0.15) is 0 Å². The van der Waals surface area contributed by atoms with E-state index in [4.69, 9.17) is 0 Å². The van der Waals surface area contributed by atoms with Crippen LogP contribution in [0.1, 0.15) is 11.5 Å². The fourth-order valence-corrected chi connectivity index (χ4v) is 2.65. The molecule has 1 nitrogen and oxygen atoms in total. The van der Waals surface area contributed by atoms with E-state index in [0.717, 1.165) is 5.75 Å². The van der Waals surface area contributed by atoms with E-state index in [1.54, 1.807) is 6.26 Å². The summed E-state index contributed by atoms with van der Waals surface area (Å²) in [5.74, 6) is 1.77. The van der Waals surface area contributed by atoms with E-state index in [0.29, 0.717) is 11.7 Å². The molecule has 0 N–H and O–H groups in total. The Morgan fingerprint density at radius 2 is 2.00 bits per heavy atom. The van der Waals surface area contributed by atoms with E-state index in [1.807, 2.05) is 18.2 Å². The highest BCUT2D eigenvalue weighted by atomic mass is 32.2. The lowest BCUT2D eigenvalue weighted by Gasteiger charge is -2.12. The lowest BCUT2D eigenvalue weighted by atomic mass is 10.0. The Hall–Kier alpha value is -0.280. The zero-order chi connectivity index (χ0) is 9.68. The molecule has 1 rings (SSSR count). The summed E-state index contributed by atoms with van der Waals surface area (Å²) in [6.07, 6.45) is 1.74. The molecular weight excluding hydrogens is 200 g/mol. The largest absolute Gasteiger partial charge is 0.260 e. The number of hydrogen-bond donors (Lipinski definition) is 1. The van der Waals surface area contributed by atoms with Crippen LogP contribution in [0.3, 0.4) is 0 Å². The van der Waals surface area contributed by atoms with E-state index in [9.17, 15) is 4.21 Å². The van der Waals surface area contributed by atoms with E-state index < -0.39 is 10.8 Å². The average molecular weight is 214 g/mol. The highest BCUT2D eigenvalue weighted by Gasteiger charge is 2.10. The van der Waals surface area contributed by atoms with Gasteiger partial charge in [-0.05, 0) is 11.3 Å². The molecule has 2 atom stereocenters. The van der Waals surface area contributed by atoms with Crippen molar-refractivity contribution in [1.82, 2.24) is 0 Å². The summed E-state index contributed by atoms with van der Waals surface area (Å²) in [4.78, 5) is 0. The molecule has 3 heteroatoms. The molecule has 0 amide bonds. The third kappa shape index (κ3) is 3.53. The number of rotatable bonds is 4. The minimum atomic E-state index is -0.745. The molecular formula is C10H14OS2. The lowest BCUT2D eigenvalue weighted by molar-refractivity contribution is 0.682. The van der Waals surface area contributed by atoms with Crippen LogP contribution >= 0.6 is 12.6 Å². The Labute approximate surface area is 87.4 Å². The summed E-state index contributed by atoms with van der Waals surface area (Å²) in [5, 5.41) is 0. The smallest absolute Gasteiger partial charge is 0.0308 e. The molecule has 1 aromatic carbocycles. The highest BCUT2D eigenvalue weighted by Crippen LogP contribution is 2.17. The summed E-state index contributed by atoms with van der Waals surface area (Å²) in [5.41, 5.74) is 1.23. The van der Waals surface area contributed by atoms with Crippen molar-refractivity contribution in [3.8, 4) is 0 Å². The van der Waals surface area contributed by atoms with Crippen molar-refractivity contribution >= 4 is 23.4 Å². The third-order valence-corrected chi connectivity index (χ3v) is 3.24. The molecule has 0 aliphatic heterocycles. The van der Waals surface area contributed by atoms with Crippen molar-refractivity contribution in [2.75, 3.05) is 17.8 Å². The SMILES string of the molecule is CS(=O)CC(CS)c1ccccc1. The second kappa shape index (κ2) is 5.45. The van der Waals surface area contributed by atoms with Gasteiger partial charge in [-0.2, -0.15) is 12.6 Å². The zero-order valence-electron chi connectivity index (χ0n) is 7.64. The van der Waals surface area contributed by atoms with Crippen LogP contribution in [0, 0.1) is 0 Å². The predicted molar refractivity (Wildman–Crippen MR) is 62.0 cm³/mol. The number of thiol groups is 1. The lowest BCUT2D eigenvalue weighted by Crippen LogP contribution is -2.09. The first-order chi connectivity index (χ1) is 6.24. The fourth-order valence-electron chi connectivity index (χ4n) is 1.26. The predicted octanol–water partition coefficient (Wildman–Crippen LogP) is 2.08. The van der Waals surface area contributed by atoms with Crippen LogP contribution in [0.5, 0.6) is 0 Å². The van der Waals surface area contributed by atoms with Gasteiger partial charge in [-0.3, -0.25) is 4.21 Å². The molecule has 0 heterocycles. The van der Waals surface area contributed by atoms with Crippen molar-refractivity contribution in [2.24, 2.45) is 0 Å². The monoisotopic (exact) mass is 214 g/mol. The molecule has 0 saturated heterocycles. The van der Waals surface area contributed by atoms with Crippen molar-refractivity contribution in [1.29, 1.82) is 0 Å². The minimum Gasteiger partial charge on any atom is -0.260 e. The molecule has 0 aliphatic rings. The van der Waals surface area contributed by atoms with E-state index in [2.05, 4.69) is 24.8 Å². The first kappa shape index (κ1) is 10.8. The standard InChI is InChI=1S/C10H14OS2/c1-13(11)8-10(7-12)9-5-3-2-4-6-9/h2-6,10,12H,7-8H2,1H3. The molecule has 0 aliphatic carbocycles. The summed E-state index contributed by atoms with van der Waals surface area (Å²) in [7, 11) is -0.745. The van der Waals surface area contributed by atoms with Gasteiger partial charge in [0.2, 0.25) is 0 Å². The molecule has 0 radical (unpaired) electrons. The van der Waals surface area contributed by atoms with Gasteiger partial charge in [0.05, 0.1) is 0 Å². The van der Waals surface area contributed by atoms with E-state index in [1.165, 1.54) is 5.56 Å². The molecule has 72 valence electrons. The Morgan fingerprint density at radius 1 is 1.38 bits per heavy atom. The van der Waals surface area contributed by atoms with E-state index >= 15 is 0 Å². The van der Waals surface area contributed by atoms with Crippen LogP contribution in [0.15, 0.2) is 30.3 Å². The molecule has 0 fully saturated rings. The Bertz CT molecular complexity index is 272. The first-order valence-corrected chi connectivity index (χ1v) is 6.56. The van der Waals surface area contributed by atoms with Crippen molar-refractivity contribution in [2.45, 2.75) is 5.92 Å². The van der Waals surface area contributed by atoms with Gasteiger partial charge in [0.15, 0.2) is 0 Å². The maximum absolute atomic E-state index is 11.1. The fraction of sp³-hybridized carbons (Fsp3) is 0.400. The van der Waals surface area contributed by atoms with Gasteiger partial charge in [-0.15, -0.1) is 0 Å². The number of benzene rings is 1. The van der Waals surface area contributed by atoms with Crippen LogP contribution in [-0.4, -0.2) is 22.0 Å². The molecule has 1 aromatic rings. The third-order valence-electron chi connectivity index (χ3n) is 1.93. The average Bonchev–Trinajstić information content (AvgIpc) is 2.15. The molecule has 2 unspecified atom stereocenters. The van der Waals surface area contributed by atoms with Crippen molar-refractivity contribution in [3.63, 3.8) is 0 Å². The highest BCUT2D eigenvalue weighted by molar-refractivity contribution is 7.84. The number of hydrogen-bond acceptors (Lipinski definition) is 2. The molecule has 13 heavy (non-hydrogen) atoms. The minimum absolute atomic E-state index is 0.315. The van der Waals surface area contributed by atoms with Crippen LogP contribution in [0.2, 0.25) is 0 Å². The normalized spacial score (nSPS) is 15.2. The van der Waals surface area contributed by atoms with Gasteiger partial charge in [0, 0.05) is 28.7 Å². The summed E-state index contributed by atoms with van der Waals surface area (Å²) in [6.45, 7) is 0. The molecule has 0 aromatic heterocycles. The Balaban J connectivity index is 2.73. The van der Waals surface area contributed by atoms with Gasteiger partial charge >= 0.3 is 0 Å². The van der Waals surface area contributed by atoms with Crippen LogP contribution in [0.25, 0.3) is 0 Å².